The molecule has 2 aliphatic heterocycles. The predicted octanol–water partition coefficient (Wildman–Crippen LogP) is 1.88. The van der Waals surface area contributed by atoms with Crippen molar-refractivity contribution in [3.05, 3.63) is 35.6 Å². The maximum absolute atomic E-state index is 13.1. The molecule has 0 spiro atoms. The van der Waals surface area contributed by atoms with Crippen LogP contribution in [0.3, 0.4) is 0 Å². The van der Waals surface area contributed by atoms with Gasteiger partial charge in [0.25, 0.3) is 0 Å². The number of nitrogens with zero attached hydrogens (tertiary/aromatic N) is 1. The minimum absolute atomic E-state index is 0.0454. The SMILES string of the molecule is C[C@@H]1CN(C(=O)CNC[C@@H]2CCCO2)C[C@H](c2ccc(F)cc2)O1. The number of ether oxygens (including phenoxy) is 2. The van der Waals surface area contributed by atoms with E-state index in [1.165, 1.54) is 12.1 Å². The van der Waals surface area contributed by atoms with Crippen LogP contribution in [-0.2, 0) is 14.3 Å². The van der Waals surface area contributed by atoms with E-state index in [2.05, 4.69) is 5.32 Å². The van der Waals surface area contributed by atoms with Gasteiger partial charge >= 0.3 is 0 Å². The van der Waals surface area contributed by atoms with Crippen LogP contribution in [0.4, 0.5) is 4.39 Å². The largest absolute Gasteiger partial charge is 0.377 e. The van der Waals surface area contributed by atoms with E-state index in [9.17, 15) is 9.18 Å². The monoisotopic (exact) mass is 336 g/mol. The lowest BCUT2D eigenvalue weighted by atomic mass is 10.1. The molecule has 3 atom stereocenters. The highest BCUT2D eigenvalue weighted by atomic mass is 19.1. The lowest BCUT2D eigenvalue weighted by molar-refractivity contribution is -0.144. The van der Waals surface area contributed by atoms with Crippen molar-refractivity contribution >= 4 is 5.91 Å². The number of morpholine rings is 1. The average molecular weight is 336 g/mol. The molecular formula is C18H25FN2O3. The zero-order valence-electron chi connectivity index (χ0n) is 14.0. The highest BCUT2D eigenvalue weighted by Gasteiger charge is 2.29. The van der Waals surface area contributed by atoms with Gasteiger partial charge < -0.3 is 19.7 Å². The molecule has 1 N–H and O–H groups in total. The molecule has 1 amide bonds. The van der Waals surface area contributed by atoms with Crippen LogP contribution in [0.2, 0.25) is 0 Å². The van der Waals surface area contributed by atoms with Gasteiger partial charge in [-0.15, -0.1) is 0 Å². The zero-order valence-corrected chi connectivity index (χ0v) is 14.0. The summed E-state index contributed by atoms with van der Waals surface area (Å²) in [5.41, 5.74) is 0.896. The molecule has 132 valence electrons. The topological polar surface area (TPSA) is 50.8 Å². The molecule has 6 heteroatoms. The molecule has 1 aromatic carbocycles. The van der Waals surface area contributed by atoms with Crippen LogP contribution < -0.4 is 5.32 Å². The van der Waals surface area contributed by atoms with E-state index in [0.29, 0.717) is 26.2 Å². The number of carbonyl (C=O) groups is 1. The third-order valence-electron chi connectivity index (χ3n) is 4.53. The maximum atomic E-state index is 13.1. The molecule has 0 aromatic heterocycles. The Morgan fingerprint density at radius 2 is 2.12 bits per heavy atom. The quantitative estimate of drug-likeness (QED) is 0.892. The highest BCUT2D eigenvalue weighted by molar-refractivity contribution is 5.78. The predicted molar refractivity (Wildman–Crippen MR) is 88.1 cm³/mol. The van der Waals surface area contributed by atoms with Crippen molar-refractivity contribution in [1.29, 1.82) is 0 Å². The van der Waals surface area contributed by atoms with Gasteiger partial charge in [-0.05, 0) is 37.5 Å². The van der Waals surface area contributed by atoms with Crippen LogP contribution in [-0.4, -0.2) is 55.8 Å². The van der Waals surface area contributed by atoms with Crippen molar-refractivity contribution in [2.24, 2.45) is 0 Å². The van der Waals surface area contributed by atoms with Crippen molar-refractivity contribution in [2.45, 2.75) is 38.1 Å². The van der Waals surface area contributed by atoms with Gasteiger partial charge in [0.05, 0.1) is 25.3 Å². The van der Waals surface area contributed by atoms with Crippen LogP contribution in [0.25, 0.3) is 0 Å². The van der Waals surface area contributed by atoms with Crippen molar-refractivity contribution in [3.8, 4) is 0 Å². The molecule has 5 nitrogen and oxygen atoms in total. The van der Waals surface area contributed by atoms with Crippen molar-refractivity contribution in [2.75, 3.05) is 32.8 Å². The first-order valence-electron chi connectivity index (χ1n) is 8.63. The van der Waals surface area contributed by atoms with Gasteiger partial charge in [-0.25, -0.2) is 4.39 Å². The van der Waals surface area contributed by atoms with E-state index in [1.807, 2.05) is 11.8 Å². The molecule has 2 aliphatic rings. The molecule has 1 aromatic rings. The number of halogens is 1. The Balaban J connectivity index is 1.52. The summed E-state index contributed by atoms with van der Waals surface area (Å²) in [5, 5.41) is 3.19. The molecule has 0 bridgehead atoms. The highest BCUT2D eigenvalue weighted by Crippen LogP contribution is 2.25. The molecule has 24 heavy (non-hydrogen) atoms. The summed E-state index contributed by atoms with van der Waals surface area (Å²) in [6, 6.07) is 6.29. The van der Waals surface area contributed by atoms with E-state index >= 15 is 0 Å². The minimum atomic E-state index is -0.270. The summed E-state index contributed by atoms with van der Waals surface area (Å²) in [6.07, 6.45) is 2.13. The average Bonchev–Trinajstić information content (AvgIpc) is 3.08. The number of hydrogen-bond acceptors (Lipinski definition) is 4. The second-order valence-electron chi connectivity index (χ2n) is 6.55. The number of carbonyl (C=O) groups excluding carboxylic acids is 1. The Hall–Kier alpha value is -1.50. The van der Waals surface area contributed by atoms with Gasteiger partial charge in [0.1, 0.15) is 11.9 Å². The number of amides is 1. The standard InChI is InChI=1S/C18H25FN2O3/c1-13-11-21(18(22)10-20-9-16-3-2-8-23-16)12-17(24-13)14-4-6-15(19)7-5-14/h4-7,13,16-17,20H,2-3,8-12H2,1H3/t13-,16+,17-/m1/s1. The molecule has 2 saturated heterocycles. The van der Waals surface area contributed by atoms with Gasteiger partial charge in [0.2, 0.25) is 5.91 Å². The van der Waals surface area contributed by atoms with Crippen LogP contribution >= 0.6 is 0 Å². The third-order valence-corrected chi connectivity index (χ3v) is 4.53. The molecule has 0 unspecified atom stereocenters. The zero-order chi connectivity index (χ0) is 16.9. The fourth-order valence-electron chi connectivity index (χ4n) is 3.27. The molecule has 0 saturated carbocycles. The molecule has 0 aliphatic carbocycles. The van der Waals surface area contributed by atoms with E-state index in [-0.39, 0.29) is 30.0 Å². The smallest absolute Gasteiger partial charge is 0.236 e. The number of nitrogens with one attached hydrogen (secondary N) is 1. The Morgan fingerprint density at radius 1 is 1.33 bits per heavy atom. The van der Waals surface area contributed by atoms with Gasteiger partial charge in [-0.1, -0.05) is 12.1 Å². The van der Waals surface area contributed by atoms with Gasteiger partial charge in [0.15, 0.2) is 0 Å². The normalized spacial score (nSPS) is 27.4. The lowest BCUT2D eigenvalue weighted by Gasteiger charge is -2.37. The van der Waals surface area contributed by atoms with E-state index in [1.54, 1.807) is 12.1 Å². The lowest BCUT2D eigenvalue weighted by Crippen LogP contribution is -2.49. The van der Waals surface area contributed by atoms with E-state index < -0.39 is 0 Å². The first kappa shape index (κ1) is 17.3. The molecule has 2 fully saturated rings. The summed E-state index contributed by atoms with van der Waals surface area (Å²) in [7, 11) is 0. The molecule has 2 heterocycles. The second kappa shape index (κ2) is 8.05. The van der Waals surface area contributed by atoms with Crippen LogP contribution in [0.15, 0.2) is 24.3 Å². The Bertz CT molecular complexity index is 546. The second-order valence-corrected chi connectivity index (χ2v) is 6.55. The first-order valence-corrected chi connectivity index (χ1v) is 8.63. The van der Waals surface area contributed by atoms with Crippen LogP contribution in [0, 0.1) is 5.82 Å². The van der Waals surface area contributed by atoms with E-state index in [0.717, 1.165) is 25.0 Å². The van der Waals surface area contributed by atoms with Gasteiger partial charge in [-0.2, -0.15) is 0 Å². The Labute approximate surface area is 142 Å². The fourth-order valence-corrected chi connectivity index (χ4v) is 3.27. The first-order chi connectivity index (χ1) is 11.6. The molecular weight excluding hydrogens is 311 g/mol. The summed E-state index contributed by atoms with van der Waals surface area (Å²) >= 11 is 0. The van der Waals surface area contributed by atoms with Crippen molar-refractivity contribution < 1.29 is 18.7 Å². The number of rotatable bonds is 5. The summed E-state index contributed by atoms with van der Waals surface area (Å²) in [6.45, 7) is 4.88. The summed E-state index contributed by atoms with van der Waals surface area (Å²) in [5.74, 6) is -0.205. The Kier molecular flexibility index (Phi) is 5.81. The Morgan fingerprint density at radius 3 is 2.83 bits per heavy atom. The van der Waals surface area contributed by atoms with Crippen molar-refractivity contribution in [1.82, 2.24) is 10.2 Å². The summed E-state index contributed by atoms with van der Waals surface area (Å²) < 4.78 is 24.5. The van der Waals surface area contributed by atoms with Gasteiger partial charge in [-0.3, -0.25) is 4.79 Å². The van der Waals surface area contributed by atoms with Gasteiger partial charge in [0, 0.05) is 19.7 Å². The maximum Gasteiger partial charge on any atom is 0.236 e. The third kappa shape index (κ3) is 4.53. The van der Waals surface area contributed by atoms with Crippen molar-refractivity contribution in [3.63, 3.8) is 0 Å². The van der Waals surface area contributed by atoms with E-state index in [4.69, 9.17) is 9.47 Å². The minimum Gasteiger partial charge on any atom is -0.377 e. The summed E-state index contributed by atoms with van der Waals surface area (Å²) in [4.78, 5) is 14.3. The number of hydrogen-bond donors (Lipinski definition) is 1. The van der Waals surface area contributed by atoms with Crippen LogP contribution in [0.1, 0.15) is 31.4 Å². The molecule has 0 radical (unpaired) electrons. The van der Waals surface area contributed by atoms with Crippen LogP contribution in [0.5, 0.6) is 0 Å². The number of benzene rings is 1. The molecule has 3 rings (SSSR count). The fraction of sp³-hybridized carbons (Fsp3) is 0.611.